The van der Waals surface area contributed by atoms with E-state index in [1.54, 1.807) is 6.20 Å². The lowest BCUT2D eigenvalue weighted by molar-refractivity contribution is -0.137. The van der Waals surface area contributed by atoms with Crippen molar-refractivity contribution in [1.29, 1.82) is 0 Å². The Hall–Kier alpha value is -1.83. The van der Waals surface area contributed by atoms with E-state index in [9.17, 15) is 13.6 Å². The average Bonchev–Trinajstić information content (AvgIpc) is 2.81. The molecule has 112 valence electrons. The van der Waals surface area contributed by atoms with Gasteiger partial charge in [0.1, 0.15) is 11.5 Å². The van der Waals surface area contributed by atoms with Gasteiger partial charge in [0.2, 0.25) is 0 Å². The summed E-state index contributed by atoms with van der Waals surface area (Å²) in [5.74, 6) is -2.27. The summed E-state index contributed by atoms with van der Waals surface area (Å²) in [6.07, 6.45) is 3.39. The van der Waals surface area contributed by atoms with Crippen LogP contribution in [-0.4, -0.2) is 26.1 Å². The molecule has 1 aromatic carbocycles. The normalized spacial score (nSPS) is 10.8. The molecule has 2 aromatic rings. The topological polar surface area (TPSA) is 68.0 Å². The van der Waals surface area contributed by atoms with Crippen LogP contribution in [0.1, 0.15) is 25.0 Å². The average molecular weight is 360 g/mol. The molecule has 0 aliphatic heterocycles. The second kappa shape index (κ2) is 6.75. The fourth-order valence-corrected chi connectivity index (χ4v) is 2.45. The smallest absolute Gasteiger partial charge is 0.303 e. The van der Waals surface area contributed by atoms with E-state index in [0.717, 1.165) is 12.1 Å². The third-order valence-corrected chi connectivity index (χ3v) is 3.43. The monoisotopic (exact) mass is 359 g/mol. The van der Waals surface area contributed by atoms with Gasteiger partial charge in [0.25, 0.3) is 0 Å². The summed E-state index contributed by atoms with van der Waals surface area (Å²) in [5, 5.41) is 16.2. The van der Waals surface area contributed by atoms with Crippen molar-refractivity contribution in [2.45, 2.75) is 25.7 Å². The molecule has 0 bridgehead atoms. The van der Waals surface area contributed by atoms with Crippen molar-refractivity contribution in [3.05, 3.63) is 40.1 Å². The van der Waals surface area contributed by atoms with Gasteiger partial charge in [-0.25, -0.2) is 13.5 Å². The van der Waals surface area contributed by atoms with Crippen LogP contribution in [0.2, 0.25) is 0 Å². The molecule has 0 atom stereocenters. The van der Waals surface area contributed by atoms with Gasteiger partial charge in [0, 0.05) is 17.0 Å². The van der Waals surface area contributed by atoms with Crippen LogP contribution in [0, 0.1) is 11.6 Å². The first-order valence-corrected chi connectivity index (χ1v) is 7.04. The van der Waals surface area contributed by atoms with Gasteiger partial charge in [-0.15, -0.1) is 5.10 Å². The van der Waals surface area contributed by atoms with E-state index in [1.165, 1.54) is 4.68 Å². The number of carbonyl (C=O) groups is 1. The van der Waals surface area contributed by atoms with E-state index in [2.05, 4.69) is 26.2 Å². The number of benzene rings is 1. The molecule has 0 saturated heterocycles. The van der Waals surface area contributed by atoms with Crippen LogP contribution in [0.5, 0.6) is 0 Å². The van der Waals surface area contributed by atoms with E-state index in [-0.39, 0.29) is 16.6 Å². The van der Waals surface area contributed by atoms with Gasteiger partial charge < -0.3 is 5.11 Å². The van der Waals surface area contributed by atoms with Crippen LogP contribution in [0.4, 0.5) is 8.78 Å². The van der Waals surface area contributed by atoms with Crippen LogP contribution in [-0.2, 0) is 11.2 Å². The Morgan fingerprint density at radius 1 is 1.33 bits per heavy atom. The van der Waals surface area contributed by atoms with Crippen molar-refractivity contribution < 1.29 is 18.7 Å². The Bertz CT molecular complexity index is 638. The van der Waals surface area contributed by atoms with Crippen LogP contribution in [0.15, 0.2) is 22.8 Å². The number of aromatic nitrogens is 3. The van der Waals surface area contributed by atoms with Gasteiger partial charge in [-0.3, -0.25) is 4.79 Å². The molecule has 5 nitrogen and oxygen atoms in total. The first-order valence-electron chi connectivity index (χ1n) is 6.25. The second-order valence-electron chi connectivity index (χ2n) is 4.47. The molecule has 0 unspecified atom stereocenters. The second-order valence-corrected chi connectivity index (χ2v) is 5.33. The zero-order valence-electron chi connectivity index (χ0n) is 10.9. The Labute approximate surface area is 127 Å². The molecular weight excluding hydrogens is 348 g/mol. The number of halogens is 3. The van der Waals surface area contributed by atoms with Crippen molar-refractivity contribution in [2.75, 3.05) is 0 Å². The van der Waals surface area contributed by atoms with Crippen LogP contribution < -0.4 is 0 Å². The van der Waals surface area contributed by atoms with Crippen molar-refractivity contribution >= 4 is 21.9 Å². The third-order valence-electron chi connectivity index (χ3n) is 2.83. The van der Waals surface area contributed by atoms with E-state index >= 15 is 0 Å². The van der Waals surface area contributed by atoms with Crippen LogP contribution in [0.3, 0.4) is 0 Å². The predicted octanol–water partition coefficient (Wildman–Crippen LogP) is 3.11. The summed E-state index contributed by atoms with van der Waals surface area (Å²) in [5.41, 5.74) is 0.705. The van der Waals surface area contributed by atoms with Crippen molar-refractivity contribution in [3.63, 3.8) is 0 Å². The molecule has 1 heterocycles. The molecule has 0 fully saturated rings. The fraction of sp³-hybridized carbons (Fsp3) is 0.308. The number of carboxylic acid groups (broad SMARTS) is 1. The van der Waals surface area contributed by atoms with Crippen molar-refractivity contribution in [2.24, 2.45) is 0 Å². The molecule has 8 heteroatoms. The number of hydrogen-bond acceptors (Lipinski definition) is 3. The Kier molecular flexibility index (Phi) is 5.00. The number of carboxylic acids is 1. The molecule has 0 aliphatic rings. The molecule has 1 N–H and O–H groups in total. The highest BCUT2D eigenvalue weighted by atomic mass is 79.9. The maximum atomic E-state index is 13.8. The maximum absolute atomic E-state index is 13.8. The summed E-state index contributed by atoms with van der Waals surface area (Å²) in [6, 6.07) is 1.92. The lowest BCUT2D eigenvalue weighted by Gasteiger charge is -2.05. The molecule has 0 amide bonds. The number of aryl methyl sites for hydroxylation is 1. The Balaban J connectivity index is 2.08. The summed E-state index contributed by atoms with van der Waals surface area (Å²) in [4.78, 5) is 10.4. The number of unbranched alkanes of at least 4 members (excludes halogenated alkanes) is 1. The summed E-state index contributed by atoms with van der Waals surface area (Å²) < 4.78 is 28.3. The minimum Gasteiger partial charge on any atom is -0.481 e. The summed E-state index contributed by atoms with van der Waals surface area (Å²) >= 11 is 3.09. The Morgan fingerprint density at radius 2 is 2.10 bits per heavy atom. The van der Waals surface area contributed by atoms with Gasteiger partial charge in [0.15, 0.2) is 5.82 Å². The minimum atomic E-state index is -0.837. The number of nitrogens with zero attached hydrogens (tertiary/aromatic N) is 3. The number of aliphatic carboxylic acids is 1. The number of rotatable bonds is 6. The lowest BCUT2D eigenvalue weighted by atomic mass is 10.1. The van der Waals surface area contributed by atoms with Crippen LogP contribution >= 0.6 is 15.9 Å². The molecular formula is C13H12BrF2N3O2. The Morgan fingerprint density at radius 3 is 2.76 bits per heavy atom. The predicted molar refractivity (Wildman–Crippen MR) is 74.2 cm³/mol. The molecule has 0 saturated carbocycles. The SMILES string of the molecule is O=C(O)CCCCc1cn(-c2c(F)cc(F)cc2Br)nn1. The van der Waals surface area contributed by atoms with Gasteiger partial charge in [0.05, 0.1) is 11.9 Å². The van der Waals surface area contributed by atoms with Crippen LogP contribution in [0.25, 0.3) is 5.69 Å². The molecule has 0 spiro atoms. The van der Waals surface area contributed by atoms with E-state index in [0.29, 0.717) is 25.0 Å². The highest BCUT2D eigenvalue weighted by molar-refractivity contribution is 9.10. The molecule has 0 radical (unpaired) electrons. The maximum Gasteiger partial charge on any atom is 0.303 e. The van der Waals surface area contributed by atoms with E-state index < -0.39 is 17.6 Å². The molecule has 0 aliphatic carbocycles. The number of hydrogen-bond donors (Lipinski definition) is 1. The summed E-state index contributed by atoms with van der Waals surface area (Å²) in [6.45, 7) is 0. The zero-order valence-corrected chi connectivity index (χ0v) is 12.5. The fourth-order valence-electron chi connectivity index (χ4n) is 1.86. The van der Waals surface area contributed by atoms with E-state index in [1.807, 2.05) is 0 Å². The van der Waals surface area contributed by atoms with Gasteiger partial charge in [-0.05, 0) is 41.3 Å². The molecule has 1 aromatic heterocycles. The first kappa shape index (κ1) is 15.6. The minimum absolute atomic E-state index is 0.0840. The zero-order chi connectivity index (χ0) is 15.4. The molecule has 21 heavy (non-hydrogen) atoms. The van der Waals surface area contributed by atoms with Crippen molar-refractivity contribution in [3.8, 4) is 5.69 Å². The standard InChI is InChI=1S/C13H12BrF2N3O2/c14-10-5-8(15)6-11(16)13(10)19-7-9(17-18-19)3-1-2-4-12(20)21/h5-7H,1-4H2,(H,20,21). The van der Waals surface area contributed by atoms with E-state index in [4.69, 9.17) is 5.11 Å². The first-order chi connectivity index (χ1) is 9.97. The highest BCUT2D eigenvalue weighted by Crippen LogP contribution is 2.25. The van der Waals surface area contributed by atoms with Gasteiger partial charge in [-0.2, -0.15) is 0 Å². The van der Waals surface area contributed by atoms with Crippen molar-refractivity contribution in [1.82, 2.24) is 15.0 Å². The largest absolute Gasteiger partial charge is 0.481 e. The molecule has 2 rings (SSSR count). The quantitative estimate of drug-likeness (QED) is 0.804. The summed E-state index contributed by atoms with van der Waals surface area (Å²) in [7, 11) is 0. The highest BCUT2D eigenvalue weighted by Gasteiger charge is 2.13. The van der Waals surface area contributed by atoms with Gasteiger partial charge in [-0.1, -0.05) is 5.21 Å². The van der Waals surface area contributed by atoms with Gasteiger partial charge >= 0.3 is 5.97 Å². The third kappa shape index (κ3) is 4.07. The lowest BCUT2D eigenvalue weighted by Crippen LogP contribution is -2.01.